The van der Waals surface area contributed by atoms with Gasteiger partial charge in [0.1, 0.15) is 5.75 Å². The van der Waals surface area contributed by atoms with Gasteiger partial charge in [0, 0.05) is 12.1 Å². The number of anilines is 2. The first-order valence-electron chi connectivity index (χ1n) is 5.99. The average Bonchev–Trinajstić information content (AvgIpc) is 2.39. The van der Waals surface area contributed by atoms with Gasteiger partial charge in [-0.3, -0.25) is 0 Å². The number of phenolic OH excluding ortho intramolecular Hbond substituents is 4. The minimum absolute atomic E-state index is 0.0758. The number of carbonyl (C=O) groups is 1. The Bertz CT molecular complexity index is 677. The van der Waals surface area contributed by atoms with E-state index in [4.69, 9.17) is 0 Å². The van der Waals surface area contributed by atoms with Crippen LogP contribution in [-0.2, 0) is 0 Å². The molecule has 7 heteroatoms. The molecule has 0 bridgehead atoms. The number of nitrogens with one attached hydrogen (secondary N) is 2. The second-order valence-electron chi connectivity index (χ2n) is 4.46. The molecule has 110 valence electrons. The highest BCUT2D eigenvalue weighted by molar-refractivity contribution is 6.01. The van der Waals surface area contributed by atoms with Gasteiger partial charge in [0.2, 0.25) is 0 Å². The normalized spacial score (nSPS) is 10.1. The predicted molar refractivity (Wildman–Crippen MR) is 76.9 cm³/mol. The van der Waals surface area contributed by atoms with Gasteiger partial charge in [-0.15, -0.1) is 0 Å². The fraction of sp³-hybridized carbons (Fsp3) is 0.0714. The van der Waals surface area contributed by atoms with Crippen molar-refractivity contribution < 1.29 is 25.2 Å². The van der Waals surface area contributed by atoms with Crippen molar-refractivity contribution in [2.45, 2.75) is 6.92 Å². The summed E-state index contributed by atoms with van der Waals surface area (Å²) < 4.78 is 0. The van der Waals surface area contributed by atoms with Crippen molar-refractivity contribution in [1.82, 2.24) is 0 Å². The van der Waals surface area contributed by atoms with Crippen molar-refractivity contribution in [3.05, 3.63) is 35.9 Å². The summed E-state index contributed by atoms with van der Waals surface area (Å²) in [7, 11) is 0. The van der Waals surface area contributed by atoms with Crippen LogP contribution in [0.4, 0.5) is 16.2 Å². The predicted octanol–water partition coefficient (Wildman–Crippen LogP) is 2.46. The van der Waals surface area contributed by atoms with E-state index in [1.165, 1.54) is 12.1 Å². The molecule has 0 aliphatic rings. The van der Waals surface area contributed by atoms with E-state index < -0.39 is 23.3 Å². The van der Waals surface area contributed by atoms with E-state index in [9.17, 15) is 25.2 Å². The molecule has 0 aromatic heterocycles. The lowest BCUT2D eigenvalue weighted by molar-refractivity contribution is 0.262. The number of urea groups is 1. The highest BCUT2D eigenvalue weighted by atomic mass is 16.3. The number of aromatic hydroxyl groups is 4. The number of aryl methyl sites for hydroxylation is 1. The average molecular weight is 290 g/mol. The van der Waals surface area contributed by atoms with Gasteiger partial charge in [0.25, 0.3) is 0 Å². The number of carbonyl (C=O) groups excluding carboxylic acids is 1. The molecule has 0 spiro atoms. The van der Waals surface area contributed by atoms with Crippen molar-refractivity contribution in [1.29, 1.82) is 0 Å². The topological polar surface area (TPSA) is 122 Å². The molecule has 7 nitrogen and oxygen atoms in total. The monoisotopic (exact) mass is 290 g/mol. The fourth-order valence-electron chi connectivity index (χ4n) is 1.71. The van der Waals surface area contributed by atoms with Crippen LogP contribution in [0, 0.1) is 6.92 Å². The van der Waals surface area contributed by atoms with Crippen LogP contribution in [0.3, 0.4) is 0 Å². The van der Waals surface area contributed by atoms with Crippen LogP contribution in [0.15, 0.2) is 30.3 Å². The second-order valence-corrected chi connectivity index (χ2v) is 4.46. The first-order valence-corrected chi connectivity index (χ1v) is 5.99. The summed E-state index contributed by atoms with van der Waals surface area (Å²) in [6.45, 7) is 1.80. The summed E-state index contributed by atoms with van der Waals surface area (Å²) in [5, 5.41) is 42.3. The third kappa shape index (κ3) is 3.27. The van der Waals surface area contributed by atoms with Crippen LogP contribution in [0.1, 0.15) is 5.56 Å². The maximum Gasteiger partial charge on any atom is 0.323 e. The van der Waals surface area contributed by atoms with E-state index in [1.807, 2.05) is 0 Å². The molecule has 6 N–H and O–H groups in total. The van der Waals surface area contributed by atoms with Gasteiger partial charge in [0.15, 0.2) is 17.2 Å². The van der Waals surface area contributed by atoms with Gasteiger partial charge in [-0.2, -0.15) is 0 Å². The van der Waals surface area contributed by atoms with Gasteiger partial charge < -0.3 is 31.1 Å². The Hall–Kier alpha value is -3.09. The van der Waals surface area contributed by atoms with E-state index >= 15 is 0 Å². The van der Waals surface area contributed by atoms with E-state index in [0.29, 0.717) is 0 Å². The Morgan fingerprint density at radius 3 is 2.10 bits per heavy atom. The van der Waals surface area contributed by atoms with Crippen LogP contribution in [0.25, 0.3) is 0 Å². The number of amides is 2. The Balaban J connectivity index is 2.12. The highest BCUT2D eigenvalue weighted by Gasteiger charge is 2.11. The van der Waals surface area contributed by atoms with Crippen molar-refractivity contribution in [3.8, 4) is 23.0 Å². The van der Waals surface area contributed by atoms with Gasteiger partial charge >= 0.3 is 6.03 Å². The Morgan fingerprint density at radius 2 is 1.52 bits per heavy atom. The lowest BCUT2D eigenvalue weighted by Crippen LogP contribution is -2.19. The molecule has 0 aliphatic heterocycles. The number of rotatable bonds is 2. The van der Waals surface area contributed by atoms with E-state index in [1.54, 1.807) is 13.0 Å². The van der Waals surface area contributed by atoms with Crippen molar-refractivity contribution in [3.63, 3.8) is 0 Å². The molecule has 21 heavy (non-hydrogen) atoms. The summed E-state index contributed by atoms with van der Waals surface area (Å²) >= 11 is 0. The minimum Gasteiger partial charge on any atom is -0.506 e. The van der Waals surface area contributed by atoms with Gasteiger partial charge in [0.05, 0.1) is 11.4 Å². The molecule has 0 unspecified atom stereocenters. The van der Waals surface area contributed by atoms with Crippen molar-refractivity contribution in [2.24, 2.45) is 0 Å². The number of benzene rings is 2. The fourth-order valence-corrected chi connectivity index (χ4v) is 1.71. The standard InChI is InChI=1S/C14H14N2O5/c1-7-2-3-9(10(17)4-7)16-14(21)15-8-5-11(18)13(20)12(19)6-8/h2-6,17-20H,1H3,(H2,15,16,21). The Kier molecular flexibility index (Phi) is 3.75. The molecule has 2 amide bonds. The van der Waals surface area contributed by atoms with Gasteiger partial charge in [-0.25, -0.2) is 4.79 Å². The van der Waals surface area contributed by atoms with Crippen molar-refractivity contribution >= 4 is 17.4 Å². The second kappa shape index (κ2) is 5.49. The van der Waals surface area contributed by atoms with E-state index in [-0.39, 0.29) is 17.1 Å². The van der Waals surface area contributed by atoms with Crippen LogP contribution in [-0.4, -0.2) is 26.5 Å². The van der Waals surface area contributed by atoms with E-state index in [2.05, 4.69) is 10.6 Å². The largest absolute Gasteiger partial charge is 0.506 e. The maximum atomic E-state index is 11.8. The lowest BCUT2D eigenvalue weighted by Gasteiger charge is -2.10. The SMILES string of the molecule is Cc1ccc(NC(=O)Nc2cc(O)c(O)c(O)c2)c(O)c1. The third-order valence-electron chi connectivity index (χ3n) is 2.73. The van der Waals surface area contributed by atoms with Crippen molar-refractivity contribution in [2.75, 3.05) is 10.6 Å². The van der Waals surface area contributed by atoms with Gasteiger partial charge in [-0.05, 0) is 24.6 Å². The number of hydrogen-bond donors (Lipinski definition) is 6. The first kappa shape index (κ1) is 14.3. The summed E-state index contributed by atoms with van der Waals surface area (Å²) in [4.78, 5) is 11.8. The summed E-state index contributed by atoms with van der Waals surface area (Å²) in [5.41, 5.74) is 1.13. The smallest absolute Gasteiger partial charge is 0.323 e. The van der Waals surface area contributed by atoms with Crippen LogP contribution in [0.2, 0.25) is 0 Å². The summed E-state index contributed by atoms with van der Waals surface area (Å²) in [6.07, 6.45) is 0. The molecule has 0 radical (unpaired) electrons. The summed E-state index contributed by atoms with van der Waals surface area (Å²) in [5.74, 6) is -1.88. The zero-order valence-electron chi connectivity index (χ0n) is 11.1. The third-order valence-corrected chi connectivity index (χ3v) is 2.73. The first-order chi connectivity index (χ1) is 9.86. The molecule has 0 fully saturated rings. The van der Waals surface area contributed by atoms with E-state index in [0.717, 1.165) is 17.7 Å². The Labute approximate surface area is 120 Å². The molecule has 0 saturated carbocycles. The molecule has 0 aliphatic carbocycles. The molecular weight excluding hydrogens is 276 g/mol. The Morgan fingerprint density at radius 1 is 0.905 bits per heavy atom. The number of hydrogen-bond acceptors (Lipinski definition) is 5. The molecule has 2 rings (SSSR count). The lowest BCUT2D eigenvalue weighted by atomic mass is 10.2. The zero-order chi connectivity index (χ0) is 15.6. The molecule has 2 aromatic rings. The molecular formula is C14H14N2O5. The minimum atomic E-state index is -0.682. The maximum absolute atomic E-state index is 11.8. The van der Waals surface area contributed by atoms with Gasteiger partial charge in [-0.1, -0.05) is 6.07 Å². The zero-order valence-corrected chi connectivity index (χ0v) is 11.1. The van der Waals surface area contributed by atoms with Crippen LogP contribution >= 0.6 is 0 Å². The molecule has 2 aromatic carbocycles. The quantitative estimate of drug-likeness (QED) is 0.375. The van der Waals surface area contributed by atoms with Crippen LogP contribution in [0.5, 0.6) is 23.0 Å². The molecule has 0 atom stereocenters. The molecule has 0 saturated heterocycles. The number of phenols is 4. The molecule has 0 heterocycles. The van der Waals surface area contributed by atoms with Crippen LogP contribution < -0.4 is 10.6 Å². The highest BCUT2D eigenvalue weighted by Crippen LogP contribution is 2.37. The summed E-state index contributed by atoms with van der Waals surface area (Å²) in [6, 6.07) is 6.21.